The van der Waals surface area contributed by atoms with Gasteiger partial charge in [0.05, 0.1) is 28.9 Å². The topological polar surface area (TPSA) is 120 Å². The van der Waals surface area contributed by atoms with Crippen LogP contribution in [0, 0.1) is 5.92 Å². The first-order valence-electron chi connectivity index (χ1n) is 11.2. The van der Waals surface area contributed by atoms with Gasteiger partial charge in [0.1, 0.15) is 11.9 Å². The van der Waals surface area contributed by atoms with Gasteiger partial charge in [0.25, 0.3) is 5.91 Å². The molecule has 5 N–H and O–H groups in total. The molecule has 1 aliphatic heterocycles. The van der Waals surface area contributed by atoms with Crippen molar-refractivity contribution in [3.8, 4) is 5.75 Å². The molecule has 12 heteroatoms. The minimum Gasteiger partial charge on any atom is -0.496 e. The molecule has 2 aromatic rings. The lowest BCUT2D eigenvalue weighted by atomic mass is 9.96. The third-order valence-electron chi connectivity index (χ3n) is 6.11. The number of alkyl halides is 3. The second-order valence-electron chi connectivity index (χ2n) is 8.57. The average molecular weight is 529 g/mol. The van der Waals surface area contributed by atoms with E-state index in [-0.39, 0.29) is 24.1 Å². The van der Waals surface area contributed by atoms with Crippen molar-refractivity contribution in [1.29, 1.82) is 0 Å². The van der Waals surface area contributed by atoms with Crippen molar-refractivity contribution in [3.05, 3.63) is 58.1 Å². The van der Waals surface area contributed by atoms with Crippen LogP contribution < -0.4 is 21.5 Å². The number of hydrogen-bond donors (Lipinski definition) is 3. The Morgan fingerprint density at radius 1 is 1.19 bits per heavy atom. The molecule has 8 nitrogen and oxygen atoms in total. The van der Waals surface area contributed by atoms with Gasteiger partial charge >= 0.3 is 12.3 Å². The van der Waals surface area contributed by atoms with Crippen LogP contribution in [0.4, 0.5) is 23.7 Å². The zero-order valence-corrected chi connectivity index (χ0v) is 20.4. The number of rotatable bonds is 8. The van der Waals surface area contributed by atoms with Gasteiger partial charge in [-0.15, -0.1) is 0 Å². The predicted octanol–water partition coefficient (Wildman–Crippen LogP) is 4.23. The quantitative estimate of drug-likeness (QED) is 0.441. The van der Waals surface area contributed by atoms with Gasteiger partial charge in [0.15, 0.2) is 0 Å². The Labute approximate surface area is 211 Å². The molecule has 0 radical (unpaired) electrons. The molecule has 1 aliphatic rings. The summed E-state index contributed by atoms with van der Waals surface area (Å²) >= 11 is 5.99. The Balaban J connectivity index is 1.54. The van der Waals surface area contributed by atoms with Crippen LogP contribution in [0.3, 0.4) is 0 Å². The summed E-state index contributed by atoms with van der Waals surface area (Å²) in [5.41, 5.74) is 11.2. The number of likely N-dealkylation sites (tertiary alicyclic amines) is 1. The molecule has 1 heterocycles. The fraction of sp³-hybridized carbons (Fsp3) is 0.417. The molecular weight excluding hydrogens is 501 g/mol. The van der Waals surface area contributed by atoms with Gasteiger partial charge in [0, 0.05) is 19.2 Å². The number of ether oxygens (including phenoxy) is 2. The van der Waals surface area contributed by atoms with Crippen LogP contribution in [-0.2, 0) is 10.9 Å². The van der Waals surface area contributed by atoms with Crippen LogP contribution in [0.5, 0.6) is 5.75 Å². The van der Waals surface area contributed by atoms with Gasteiger partial charge in [-0.1, -0.05) is 23.7 Å². The number of carbonyl (C=O) groups excluding carboxylic acids is 2. The second-order valence-corrected chi connectivity index (χ2v) is 8.98. The molecule has 1 atom stereocenters. The molecule has 1 unspecified atom stereocenters. The number of benzene rings is 2. The average Bonchev–Trinajstić information content (AvgIpc) is 2.83. The van der Waals surface area contributed by atoms with Crippen LogP contribution in [-0.4, -0.2) is 50.2 Å². The highest BCUT2D eigenvalue weighted by Gasteiger charge is 2.31. The van der Waals surface area contributed by atoms with E-state index >= 15 is 0 Å². The first-order valence-corrected chi connectivity index (χ1v) is 11.6. The Morgan fingerprint density at radius 3 is 2.39 bits per heavy atom. The summed E-state index contributed by atoms with van der Waals surface area (Å²) in [6, 6.07) is 7.44. The third kappa shape index (κ3) is 7.17. The van der Waals surface area contributed by atoms with E-state index in [0.717, 1.165) is 25.0 Å². The molecule has 0 bridgehead atoms. The fourth-order valence-corrected chi connectivity index (χ4v) is 4.25. The molecule has 0 spiro atoms. The summed E-state index contributed by atoms with van der Waals surface area (Å²) in [4.78, 5) is 26.1. The lowest BCUT2D eigenvalue weighted by Crippen LogP contribution is -2.41. The Hall–Kier alpha value is -3.18. The van der Waals surface area contributed by atoms with Crippen LogP contribution >= 0.6 is 11.6 Å². The van der Waals surface area contributed by atoms with Crippen LogP contribution in [0.15, 0.2) is 36.4 Å². The number of methoxy groups -OCH3 is 1. The van der Waals surface area contributed by atoms with Gasteiger partial charge in [0.2, 0.25) is 0 Å². The second kappa shape index (κ2) is 11.7. The molecule has 196 valence electrons. The summed E-state index contributed by atoms with van der Waals surface area (Å²) in [5.74, 6) is 0.211. The Morgan fingerprint density at radius 2 is 1.83 bits per heavy atom. The van der Waals surface area contributed by atoms with Crippen LogP contribution in [0.25, 0.3) is 0 Å². The van der Waals surface area contributed by atoms with Gasteiger partial charge in [-0.2, -0.15) is 13.2 Å². The van der Waals surface area contributed by atoms with Crippen molar-refractivity contribution in [2.24, 2.45) is 11.7 Å². The van der Waals surface area contributed by atoms with Crippen molar-refractivity contribution in [2.45, 2.75) is 25.1 Å². The number of anilines is 1. The standard InChI is InChI=1S/C24H28ClF3N4O4/c1-35-20-11-18(25)19(29)10-17(20)22(33)31-12-14-6-8-32(9-7-14)13-21(36-23(30)34)15-2-4-16(5-3-15)24(26,27)28/h2-5,10-11,14,21H,6-9,12-13,29H2,1H3,(H2,30,34)(H,31,33). The number of amides is 2. The number of halogens is 4. The van der Waals surface area contributed by atoms with E-state index in [4.69, 9.17) is 32.5 Å². The number of carbonyl (C=O) groups is 2. The zero-order valence-electron chi connectivity index (χ0n) is 19.6. The van der Waals surface area contributed by atoms with E-state index in [0.29, 0.717) is 41.5 Å². The lowest BCUT2D eigenvalue weighted by Gasteiger charge is -2.34. The van der Waals surface area contributed by atoms with Crippen molar-refractivity contribution in [1.82, 2.24) is 10.2 Å². The minimum atomic E-state index is -4.46. The van der Waals surface area contributed by atoms with Crippen molar-refractivity contribution in [3.63, 3.8) is 0 Å². The smallest absolute Gasteiger partial charge is 0.416 e. The number of nitrogen functional groups attached to an aromatic ring is 1. The maximum atomic E-state index is 12.9. The predicted molar refractivity (Wildman–Crippen MR) is 129 cm³/mol. The van der Waals surface area contributed by atoms with Gasteiger partial charge in [-0.25, -0.2) is 4.79 Å². The highest BCUT2D eigenvalue weighted by atomic mass is 35.5. The van der Waals surface area contributed by atoms with E-state index < -0.39 is 23.9 Å². The fourth-order valence-electron chi connectivity index (χ4n) is 4.10. The molecular formula is C24H28ClF3N4O4. The van der Waals surface area contributed by atoms with Gasteiger partial charge < -0.3 is 26.3 Å². The third-order valence-corrected chi connectivity index (χ3v) is 6.44. The summed E-state index contributed by atoms with van der Waals surface area (Å²) in [6.45, 7) is 2.03. The molecule has 0 saturated carbocycles. The molecule has 2 aromatic carbocycles. The normalized spacial score (nSPS) is 15.8. The monoisotopic (exact) mass is 528 g/mol. The van der Waals surface area contributed by atoms with Crippen LogP contribution in [0.1, 0.15) is 40.4 Å². The summed E-state index contributed by atoms with van der Waals surface area (Å²) in [5, 5.41) is 3.20. The largest absolute Gasteiger partial charge is 0.496 e. The van der Waals surface area contributed by atoms with Crippen molar-refractivity contribution < 1.29 is 32.2 Å². The van der Waals surface area contributed by atoms with Crippen LogP contribution in [0.2, 0.25) is 5.02 Å². The number of nitrogens with one attached hydrogen (secondary N) is 1. The Bertz CT molecular complexity index is 1070. The van der Waals surface area contributed by atoms with Gasteiger partial charge in [-0.3, -0.25) is 9.69 Å². The molecule has 0 aromatic heterocycles. The van der Waals surface area contributed by atoms with E-state index in [9.17, 15) is 22.8 Å². The van der Waals surface area contributed by atoms with Gasteiger partial charge in [-0.05, 0) is 55.6 Å². The summed E-state index contributed by atoms with van der Waals surface area (Å²) in [7, 11) is 1.44. The first-order chi connectivity index (χ1) is 17.0. The SMILES string of the molecule is COc1cc(Cl)c(N)cc1C(=O)NCC1CCN(CC(OC(N)=O)c2ccc(C(F)(F)F)cc2)CC1. The Kier molecular flexibility index (Phi) is 8.91. The number of nitrogens with zero attached hydrogens (tertiary/aromatic N) is 1. The van der Waals surface area contributed by atoms with E-state index in [1.807, 2.05) is 4.90 Å². The highest BCUT2D eigenvalue weighted by Crippen LogP contribution is 2.31. The molecule has 0 aliphatic carbocycles. The maximum Gasteiger partial charge on any atom is 0.416 e. The maximum absolute atomic E-state index is 12.9. The number of hydrogen-bond acceptors (Lipinski definition) is 6. The zero-order chi connectivity index (χ0) is 26.5. The molecule has 1 saturated heterocycles. The van der Waals surface area contributed by atoms with E-state index in [2.05, 4.69) is 5.32 Å². The highest BCUT2D eigenvalue weighted by molar-refractivity contribution is 6.33. The summed E-state index contributed by atoms with van der Waals surface area (Å²) < 4.78 is 49.0. The summed E-state index contributed by atoms with van der Waals surface area (Å²) in [6.07, 6.45) is -4.74. The van der Waals surface area contributed by atoms with E-state index in [1.165, 1.54) is 31.4 Å². The molecule has 1 fully saturated rings. The molecule has 3 rings (SSSR count). The van der Waals surface area contributed by atoms with Crippen molar-refractivity contribution in [2.75, 3.05) is 39.0 Å². The minimum absolute atomic E-state index is 0.211. The van der Waals surface area contributed by atoms with E-state index in [1.54, 1.807) is 0 Å². The van der Waals surface area contributed by atoms with Crippen molar-refractivity contribution >= 4 is 29.3 Å². The first kappa shape index (κ1) is 27.4. The number of piperidine rings is 1. The number of nitrogens with two attached hydrogens (primary N) is 2. The lowest BCUT2D eigenvalue weighted by molar-refractivity contribution is -0.137. The molecule has 36 heavy (non-hydrogen) atoms. The number of primary amides is 1. The molecule has 2 amide bonds.